The Morgan fingerprint density at radius 1 is 1.00 bits per heavy atom. The summed E-state index contributed by atoms with van der Waals surface area (Å²) in [6, 6.07) is 22.5. The van der Waals surface area contributed by atoms with E-state index in [4.69, 9.17) is 0 Å². The van der Waals surface area contributed by atoms with Crippen molar-refractivity contribution >= 4 is 29.0 Å². The fraction of sp³-hybridized carbons (Fsp3) is 0.0476. The number of hydrogen-bond donors (Lipinski definition) is 1. The zero-order valence-electron chi connectivity index (χ0n) is 16.1. The number of aromatic nitrogens is 4. The second kappa shape index (κ2) is 9.18. The average molecular weight is 432 g/mol. The minimum Gasteiger partial charge on any atom is -0.322 e. The van der Waals surface area contributed by atoms with Crippen LogP contribution in [0.4, 0.5) is 11.4 Å². The number of nitro benzene ring substituents is 1. The fourth-order valence-electron chi connectivity index (χ4n) is 2.79. The van der Waals surface area contributed by atoms with Crippen LogP contribution in [0.2, 0.25) is 0 Å². The van der Waals surface area contributed by atoms with Crippen LogP contribution in [0.1, 0.15) is 16.2 Å². The average Bonchev–Trinajstić information content (AvgIpc) is 3.28. The molecule has 0 saturated carbocycles. The lowest BCUT2D eigenvalue weighted by Gasteiger charge is -2.07. The highest BCUT2D eigenvalue weighted by atomic mass is 32.2. The summed E-state index contributed by atoms with van der Waals surface area (Å²) >= 11 is 1.58. The lowest BCUT2D eigenvalue weighted by atomic mass is 10.2. The Bertz CT molecular complexity index is 1190. The van der Waals surface area contributed by atoms with Crippen molar-refractivity contribution in [2.75, 3.05) is 5.32 Å². The molecule has 0 saturated heterocycles. The minimum absolute atomic E-state index is 0.0591. The van der Waals surface area contributed by atoms with E-state index in [1.54, 1.807) is 28.6 Å². The van der Waals surface area contributed by atoms with Crippen LogP contribution in [0.3, 0.4) is 0 Å². The highest BCUT2D eigenvalue weighted by Crippen LogP contribution is 2.24. The number of benzene rings is 3. The van der Waals surface area contributed by atoms with E-state index in [9.17, 15) is 14.9 Å². The van der Waals surface area contributed by atoms with Gasteiger partial charge in [0, 0.05) is 28.3 Å². The SMILES string of the molecule is O=C(Nc1ccc(SCc2nnnn2-c2ccccc2)cc1)c1ccc([N+](=O)[O-])cc1. The van der Waals surface area contributed by atoms with Crippen LogP contribution in [0.15, 0.2) is 83.8 Å². The molecule has 1 N–H and O–H groups in total. The number of carbonyl (C=O) groups excluding carboxylic acids is 1. The third-order valence-corrected chi connectivity index (χ3v) is 5.36. The number of tetrazole rings is 1. The molecule has 1 aromatic heterocycles. The van der Waals surface area contributed by atoms with Gasteiger partial charge in [0.1, 0.15) is 0 Å². The summed E-state index contributed by atoms with van der Waals surface area (Å²) in [4.78, 5) is 23.5. The molecule has 9 nitrogen and oxygen atoms in total. The molecule has 0 radical (unpaired) electrons. The maximum Gasteiger partial charge on any atom is 0.269 e. The van der Waals surface area contributed by atoms with Gasteiger partial charge in [-0.15, -0.1) is 16.9 Å². The highest BCUT2D eigenvalue weighted by Gasteiger charge is 2.11. The molecular formula is C21H16N6O3S. The largest absolute Gasteiger partial charge is 0.322 e. The monoisotopic (exact) mass is 432 g/mol. The van der Waals surface area contributed by atoms with Crippen molar-refractivity contribution in [3.63, 3.8) is 0 Å². The van der Waals surface area contributed by atoms with Crippen LogP contribution < -0.4 is 5.32 Å². The van der Waals surface area contributed by atoms with E-state index in [0.717, 1.165) is 16.4 Å². The molecule has 1 heterocycles. The van der Waals surface area contributed by atoms with Gasteiger partial charge < -0.3 is 5.32 Å². The molecule has 4 rings (SSSR count). The topological polar surface area (TPSA) is 116 Å². The number of rotatable bonds is 7. The van der Waals surface area contributed by atoms with Gasteiger partial charge in [0.15, 0.2) is 5.82 Å². The van der Waals surface area contributed by atoms with Gasteiger partial charge in [-0.05, 0) is 59.0 Å². The zero-order chi connectivity index (χ0) is 21.6. The molecule has 0 unspecified atom stereocenters. The molecule has 0 aliphatic rings. The van der Waals surface area contributed by atoms with Crippen molar-refractivity contribution in [3.05, 3.63) is 100 Å². The normalized spacial score (nSPS) is 10.6. The first-order chi connectivity index (χ1) is 15.1. The van der Waals surface area contributed by atoms with Crippen LogP contribution >= 0.6 is 11.8 Å². The molecule has 0 atom stereocenters. The Morgan fingerprint density at radius 2 is 1.71 bits per heavy atom. The summed E-state index contributed by atoms with van der Waals surface area (Å²) in [6.45, 7) is 0. The molecular weight excluding hydrogens is 416 g/mol. The van der Waals surface area contributed by atoms with Crippen molar-refractivity contribution in [1.29, 1.82) is 0 Å². The number of hydrogen-bond acceptors (Lipinski definition) is 7. The Kier molecular flexibility index (Phi) is 5.99. The number of nitrogens with zero attached hydrogens (tertiary/aromatic N) is 5. The molecule has 0 fully saturated rings. The Balaban J connectivity index is 1.36. The minimum atomic E-state index is -0.503. The number of thioether (sulfide) groups is 1. The first-order valence-corrected chi connectivity index (χ1v) is 10.2. The predicted octanol–water partition coefficient (Wildman–Crippen LogP) is 4.12. The predicted molar refractivity (Wildman–Crippen MR) is 116 cm³/mol. The first kappa shape index (κ1) is 20.2. The number of para-hydroxylation sites is 1. The standard InChI is InChI=1S/C21H16N6O3S/c28-21(15-6-10-18(11-7-15)27(29)30)22-16-8-12-19(13-9-16)31-14-20-23-24-25-26(20)17-4-2-1-3-5-17/h1-13H,14H2,(H,22,28). The fourth-order valence-corrected chi connectivity index (χ4v) is 3.59. The van der Waals surface area contributed by atoms with Crippen LogP contribution in [-0.2, 0) is 5.75 Å². The molecule has 0 spiro atoms. The maximum absolute atomic E-state index is 12.3. The van der Waals surface area contributed by atoms with Crippen molar-refractivity contribution in [1.82, 2.24) is 20.2 Å². The molecule has 31 heavy (non-hydrogen) atoms. The quantitative estimate of drug-likeness (QED) is 0.265. The third kappa shape index (κ3) is 4.93. The van der Waals surface area contributed by atoms with E-state index in [1.807, 2.05) is 42.5 Å². The summed E-state index contributed by atoms with van der Waals surface area (Å²) in [5, 5.41) is 25.4. The maximum atomic E-state index is 12.3. The Hall–Kier alpha value is -4.05. The van der Waals surface area contributed by atoms with Crippen molar-refractivity contribution in [3.8, 4) is 5.69 Å². The summed E-state index contributed by atoms with van der Waals surface area (Å²) in [5.41, 5.74) is 1.81. The number of nitro groups is 1. The van der Waals surface area contributed by atoms with E-state index in [0.29, 0.717) is 17.0 Å². The van der Waals surface area contributed by atoms with E-state index in [-0.39, 0.29) is 11.6 Å². The second-order valence-electron chi connectivity index (χ2n) is 6.41. The summed E-state index contributed by atoms with van der Waals surface area (Å²) in [7, 11) is 0. The molecule has 10 heteroatoms. The molecule has 3 aromatic carbocycles. The Labute approximate surface area is 181 Å². The van der Waals surface area contributed by atoms with Gasteiger partial charge in [-0.25, -0.2) is 0 Å². The number of carbonyl (C=O) groups is 1. The molecule has 1 amide bonds. The molecule has 4 aromatic rings. The van der Waals surface area contributed by atoms with E-state index in [2.05, 4.69) is 20.8 Å². The van der Waals surface area contributed by atoms with Crippen LogP contribution in [-0.4, -0.2) is 31.0 Å². The molecule has 154 valence electrons. The smallest absolute Gasteiger partial charge is 0.269 e. The number of anilines is 1. The van der Waals surface area contributed by atoms with Crippen molar-refractivity contribution in [2.24, 2.45) is 0 Å². The van der Waals surface area contributed by atoms with Gasteiger partial charge in [0.05, 0.1) is 16.4 Å². The van der Waals surface area contributed by atoms with E-state index >= 15 is 0 Å². The van der Waals surface area contributed by atoms with Gasteiger partial charge >= 0.3 is 0 Å². The summed E-state index contributed by atoms with van der Waals surface area (Å²) < 4.78 is 1.70. The van der Waals surface area contributed by atoms with Gasteiger partial charge in [0.25, 0.3) is 11.6 Å². The lowest BCUT2D eigenvalue weighted by Crippen LogP contribution is -2.11. The lowest BCUT2D eigenvalue weighted by molar-refractivity contribution is -0.384. The second-order valence-corrected chi connectivity index (χ2v) is 7.46. The van der Waals surface area contributed by atoms with Crippen LogP contribution in [0.25, 0.3) is 5.69 Å². The highest BCUT2D eigenvalue weighted by molar-refractivity contribution is 7.98. The summed E-state index contributed by atoms with van der Waals surface area (Å²) in [5.74, 6) is 0.972. The van der Waals surface area contributed by atoms with Gasteiger partial charge in [-0.3, -0.25) is 14.9 Å². The van der Waals surface area contributed by atoms with Crippen LogP contribution in [0.5, 0.6) is 0 Å². The molecule has 0 bridgehead atoms. The Morgan fingerprint density at radius 3 is 2.39 bits per heavy atom. The number of nitrogens with one attached hydrogen (secondary N) is 1. The first-order valence-electron chi connectivity index (χ1n) is 9.21. The number of amides is 1. The van der Waals surface area contributed by atoms with Crippen molar-refractivity contribution < 1.29 is 9.72 Å². The molecule has 0 aliphatic carbocycles. The summed E-state index contributed by atoms with van der Waals surface area (Å²) in [6.07, 6.45) is 0. The van der Waals surface area contributed by atoms with Gasteiger partial charge in [0.2, 0.25) is 0 Å². The number of non-ortho nitro benzene ring substituents is 1. The molecule has 0 aliphatic heterocycles. The van der Waals surface area contributed by atoms with E-state index in [1.165, 1.54) is 24.3 Å². The zero-order valence-corrected chi connectivity index (χ0v) is 16.9. The van der Waals surface area contributed by atoms with Crippen molar-refractivity contribution in [2.45, 2.75) is 10.6 Å². The van der Waals surface area contributed by atoms with Crippen LogP contribution in [0, 0.1) is 10.1 Å². The van der Waals surface area contributed by atoms with Gasteiger partial charge in [-0.2, -0.15) is 4.68 Å². The van der Waals surface area contributed by atoms with Gasteiger partial charge in [-0.1, -0.05) is 18.2 Å². The van der Waals surface area contributed by atoms with E-state index < -0.39 is 4.92 Å². The third-order valence-electron chi connectivity index (χ3n) is 4.36.